The van der Waals surface area contributed by atoms with Gasteiger partial charge in [-0.3, -0.25) is 0 Å². The molecule has 0 aliphatic rings. The molecule has 0 aromatic heterocycles. The van der Waals surface area contributed by atoms with E-state index >= 15 is 0 Å². The van der Waals surface area contributed by atoms with Gasteiger partial charge in [-0.1, -0.05) is 50.7 Å². The van der Waals surface area contributed by atoms with Crippen molar-refractivity contribution >= 4 is 50.7 Å². The number of halogens is 4. The zero-order valence-corrected chi connectivity index (χ0v) is 13.3. The summed E-state index contributed by atoms with van der Waals surface area (Å²) in [6, 6.07) is 8.35. The van der Waals surface area contributed by atoms with Crippen molar-refractivity contribution < 1.29 is 9.84 Å². The second-order valence-electron chi connectivity index (χ2n) is 3.71. The molecule has 2 aromatic carbocycles. The Balaban J connectivity index is 2.39. The van der Waals surface area contributed by atoms with E-state index in [4.69, 9.17) is 39.5 Å². The van der Waals surface area contributed by atoms with Gasteiger partial charge in [0.05, 0.1) is 21.7 Å². The highest BCUT2D eigenvalue weighted by molar-refractivity contribution is 9.10. The predicted octanol–water partition coefficient (Wildman–Crippen LogP) is 5.69. The number of aliphatic hydroxyl groups excluding tert-OH is 1. The first-order valence-electron chi connectivity index (χ1n) is 5.23. The van der Waals surface area contributed by atoms with Crippen LogP contribution in [0.4, 0.5) is 0 Å². The molecule has 19 heavy (non-hydrogen) atoms. The van der Waals surface area contributed by atoms with Gasteiger partial charge >= 0.3 is 0 Å². The third-order valence-corrected chi connectivity index (χ3v) is 3.90. The maximum Gasteiger partial charge on any atom is 0.147 e. The lowest BCUT2D eigenvalue weighted by Crippen LogP contribution is -1.92. The largest absolute Gasteiger partial charge is 0.455 e. The van der Waals surface area contributed by atoms with E-state index in [2.05, 4.69) is 15.9 Å². The summed E-state index contributed by atoms with van der Waals surface area (Å²) in [5.41, 5.74) is 0.636. The lowest BCUT2D eigenvalue weighted by molar-refractivity contribution is 0.276. The van der Waals surface area contributed by atoms with Crippen molar-refractivity contribution in [1.29, 1.82) is 0 Å². The maximum atomic E-state index is 9.31. The summed E-state index contributed by atoms with van der Waals surface area (Å²) < 4.78 is 6.52. The average Bonchev–Trinajstić information content (AvgIpc) is 2.37. The molecule has 1 N–H and O–H groups in total. The highest BCUT2D eigenvalue weighted by Crippen LogP contribution is 2.37. The normalized spacial score (nSPS) is 10.6. The molecule has 100 valence electrons. The zero-order valence-electron chi connectivity index (χ0n) is 9.46. The molecule has 0 saturated heterocycles. The van der Waals surface area contributed by atoms with Crippen LogP contribution >= 0.6 is 50.7 Å². The fraction of sp³-hybridized carbons (Fsp3) is 0.0769. The van der Waals surface area contributed by atoms with Gasteiger partial charge in [-0.05, 0) is 24.3 Å². The standard InChI is InChI=1S/C13H8BrCl3O2/c14-8-1-2-12(7(3-8)6-18)19-13-5-10(16)9(15)4-11(13)17/h1-5,18H,6H2. The lowest BCUT2D eigenvalue weighted by Gasteiger charge is -2.12. The van der Waals surface area contributed by atoms with Gasteiger partial charge < -0.3 is 9.84 Å². The molecule has 0 fully saturated rings. The summed E-state index contributed by atoms with van der Waals surface area (Å²) in [5.74, 6) is 0.888. The van der Waals surface area contributed by atoms with Crippen molar-refractivity contribution in [3.63, 3.8) is 0 Å². The van der Waals surface area contributed by atoms with E-state index in [0.717, 1.165) is 4.47 Å². The zero-order chi connectivity index (χ0) is 14.0. The molecule has 0 bridgehead atoms. The summed E-state index contributed by atoms with van der Waals surface area (Å²) in [4.78, 5) is 0. The van der Waals surface area contributed by atoms with Crippen LogP contribution in [-0.2, 0) is 6.61 Å². The molecule has 0 unspecified atom stereocenters. The van der Waals surface area contributed by atoms with E-state index in [1.807, 2.05) is 0 Å². The molecule has 0 aliphatic carbocycles. The molecule has 2 rings (SSSR count). The van der Waals surface area contributed by atoms with Gasteiger partial charge in [0.15, 0.2) is 0 Å². The quantitative estimate of drug-likeness (QED) is 0.691. The van der Waals surface area contributed by atoms with Crippen LogP contribution in [-0.4, -0.2) is 5.11 Å². The molecule has 0 spiro atoms. The first-order chi connectivity index (χ1) is 9.01. The summed E-state index contributed by atoms with van der Waals surface area (Å²) in [6.45, 7) is -0.145. The smallest absolute Gasteiger partial charge is 0.147 e. The lowest BCUT2D eigenvalue weighted by atomic mass is 10.2. The summed E-state index contributed by atoms with van der Waals surface area (Å²) in [6.07, 6.45) is 0. The maximum absolute atomic E-state index is 9.31. The molecule has 2 nitrogen and oxygen atoms in total. The van der Waals surface area contributed by atoms with Crippen LogP contribution in [0.25, 0.3) is 0 Å². The van der Waals surface area contributed by atoms with E-state index < -0.39 is 0 Å². The number of hydrogen-bond donors (Lipinski definition) is 1. The van der Waals surface area contributed by atoms with Crippen LogP contribution < -0.4 is 4.74 Å². The Labute approximate surface area is 134 Å². The Morgan fingerprint density at radius 1 is 0.947 bits per heavy atom. The van der Waals surface area contributed by atoms with Gasteiger partial charge in [0.2, 0.25) is 0 Å². The van der Waals surface area contributed by atoms with Crippen LogP contribution in [0.15, 0.2) is 34.8 Å². The molecule has 2 aromatic rings. The molecule has 0 radical (unpaired) electrons. The predicted molar refractivity (Wildman–Crippen MR) is 81.6 cm³/mol. The van der Waals surface area contributed by atoms with Crippen molar-refractivity contribution in [2.24, 2.45) is 0 Å². The summed E-state index contributed by atoms with van der Waals surface area (Å²) in [7, 11) is 0. The molecule has 0 atom stereocenters. The molecule has 0 heterocycles. The van der Waals surface area contributed by atoms with Crippen LogP contribution in [0.3, 0.4) is 0 Å². The van der Waals surface area contributed by atoms with Gasteiger partial charge in [0, 0.05) is 16.1 Å². The number of rotatable bonds is 3. The molecular formula is C13H8BrCl3O2. The van der Waals surface area contributed by atoms with Gasteiger partial charge in [0.1, 0.15) is 11.5 Å². The highest BCUT2D eigenvalue weighted by atomic mass is 79.9. The Bertz CT molecular complexity index is 617. The van der Waals surface area contributed by atoms with E-state index in [9.17, 15) is 5.11 Å². The third kappa shape index (κ3) is 3.56. The minimum atomic E-state index is -0.145. The molecule has 0 amide bonds. The SMILES string of the molecule is OCc1cc(Br)ccc1Oc1cc(Cl)c(Cl)cc1Cl. The fourth-order valence-corrected chi connectivity index (χ4v) is 2.46. The first kappa shape index (κ1) is 14.9. The van der Waals surface area contributed by atoms with Crippen LogP contribution in [0.5, 0.6) is 11.5 Å². The minimum absolute atomic E-state index is 0.145. The van der Waals surface area contributed by atoms with Crippen molar-refractivity contribution in [3.8, 4) is 11.5 Å². The average molecular weight is 382 g/mol. The first-order valence-corrected chi connectivity index (χ1v) is 7.15. The molecule has 6 heteroatoms. The van der Waals surface area contributed by atoms with Crippen LogP contribution in [0.1, 0.15) is 5.56 Å². The summed E-state index contributed by atoms with van der Waals surface area (Å²) in [5, 5.41) is 10.4. The Morgan fingerprint density at radius 3 is 2.32 bits per heavy atom. The molecule has 0 saturated carbocycles. The van der Waals surface area contributed by atoms with Gasteiger partial charge in [-0.25, -0.2) is 0 Å². The van der Waals surface area contributed by atoms with Crippen molar-refractivity contribution in [3.05, 3.63) is 55.4 Å². The van der Waals surface area contributed by atoms with E-state index in [1.165, 1.54) is 12.1 Å². The highest BCUT2D eigenvalue weighted by Gasteiger charge is 2.11. The second kappa shape index (κ2) is 6.33. The van der Waals surface area contributed by atoms with Crippen LogP contribution in [0.2, 0.25) is 15.1 Å². The van der Waals surface area contributed by atoms with Crippen molar-refractivity contribution in [2.75, 3.05) is 0 Å². The van der Waals surface area contributed by atoms with E-state index in [-0.39, 0.29) is 6.61 Å². The number of ether oxygens (including phenoxy) is 1. The number of aliphatic hydroxyl groups is 1. The Hall–Kier alpha value is -0.450. The van der Waals surface area contributed by atoms with Crippen molar-refractivity contribution in [2.45, 2.75) is 6.61 Å². The van der Waals surface area contributed by atoms with E-state index in [1.54, 1.807) is 18.2 Å². The number of hydrogen-bond acceptors (Lipinski definition) is 2. The van der Waals surface area contributed by atoms with E-state index in [0.29, 0.717) is 32.1 Å². The van der Waals surface area contributed by atoms with Crippen molar-refractivity contribution in [1.82, 2.24) is 0 Å². The molecular weight excluding hydrogens is 374 g/mol. The monoisotopic (exact) mass is 380 g/mol. The van der Waals surface area contributed by atoms with Gasteiger partial charge in [0.25, 0.3) is 0 Å². The minimum Gasteiger partial charge on any atom is -0.455 e. The summed E-state index contributed by atoms with van der Waals surface area (Å²) >= 11 is 21.1. The third-order valence-electron chi connectivity index (χ3n) is 2.39. The Kier molecular flexibility index (Phi) is 4.98. The fourth-order valence-electron chi connectivity index (χ4n) is 1.47. The van der Waals surface area contributed by atoms with Gasteiger partial charge in [-0.15, -0.1) is 0 Å². The van der Waals surface area contributed by atoms with Crippen LogP contribution in [0, 0.1) is 0 Å². The number of benzene rings is 2. The second-order valence-corrected chi connectivity index (χ2v) is 5.85. The topological polar surface area (TPSA) is 29.5 Å². The Morgan fingerprint density at radius 2 is 1.63 bits per heavy atom. The molecule has 0 aliphatic heterocycles. The van der Waals surface area contributed by atoms with Gasteiger partial charge in [-0.2, -0.15) is 0 Å².